The predicted molar refractivity (Wildman–Crippen MR) is 119 cm³/mol. The number of aliphatic imine (C=N–C) groups is 1. The molecule has 3 rings (SSSR count). The van der Waals surface area contributed by atoms with E-state index in [1.807, 2.05) is 39.2 Å². The first kappa shape index (κ1) is 29.5. The number of aromatic nitrogens is 5. The van der Waals surface area contributed by atoms with Crippen molar-refractivity contribution in [1.29, 1.82) is 0 Å². The quantitative estimate of drug-likeness (QED) is 0.150. The summed E-state index contributed by atoms with van der Waals surface area (Å²) in [7, 11) is 4.07. The van der Waals surface area contributed by atoms with Crippen LogP contribution < -0.4 is 14.9 Å². The molecule has 0 aliphatic rings. The molecule has 0 radical (unpaired) electrons. The van der Waals surface area contributed by atoms with Crippen LogP contribution in [0.1, 0.15) is 18.9 Å². The summed E-state index contributed by atoms with van der Waals surface area (Å²) in [4.78, 5) is 11.9. The van der Waals surface area contributed by atoms with Gasteiger partial charge >= 0.3 is 16.8 Å². The standard InChI is InChI=1S/C14H22N2O2.C6H4N5.Co.N3/c1-4-18-13-8-5-7-12(14(13)17)11-15-9-6-10-16(2)3;1-2-4-7-5(3-1)6-8-10-11-9-6;;1-3-2/h5,7-8,11,17H,4,6,9-10H2,1-3H3;1-4H;;/q;-1;+3;-1/p-1. The van der Waals surface area contributed by atoms with E-state index in [1.165, 1.54) is 4.91 Å². The van der Waals surface area contributed by atoms with Gasteiger partial charge in [-0.2, -0.15) is 5.21 Å². The maximum atomic E-state index is 11.9. The van der Waals surface area contributed by atoms with Gasteiger partial charge in [-0.1, -0.05) is 23.9 Å². The van der Waals surface area contributed by atoms with Crippen LogP contribution in [-0.4, -0.2) is 65.4 Å². The van der Waals surface area contributed by atoms with Gasteiger partial charge in [0.1, 0.15) is 5.75 Å². The summed E-state index contributed by atoms with van der Waals surface area (Å²) in [5.41, 5.74) is 14.8. The molecule has 0 unspecified atom stereocenters. The molecule has 33 heavy (non-hydrogen) atoms. The van der Waals surface area contributed by atoms with E-state index >= 15 is 0 Å². The van der Waals surface area contributed by atoms with E-state index in [4.69, 9.17) is 15.8 Å². The first-order valence-corrected chi connectivity index (χ1v) is 9.69. The van der Waals surface area contributed by atoms with Crippen LogP contribution in [0.3, 0.4) is 0 Å². The minimum Gasteiger partial charge on any atom is -0.870 e. The Kier molecular flexibility index (Phi) is 16.2. The van der Waals surface area contributed by atoms with Crippen LogP contribution in [0, 0.1) is 0 Å². The van der Waals surface area contributed by atoms with Gasteiger partial charge in [-0.05, 0) is 57.7 Å². The molecule has 2 aromatic heterocycles. The van der Waals surface area contributed by atoms with Crippen LogP contribution in [0.25, 0.3) is 27.5 Å². The fourth-order valence-corrected chi connectivity index (χ4v) is 2.29. The molecule has 0 amide bonds. The van der Waals surface area contributed by atoms with Crippen LogP contribution in [0.5, 0.6) is 11.5 Å². The molecule has 13 heteroatoms. The van der Waals surface area contributed by atoms with Crippen molar-refractivity contribution in [1.82, 2.24) is 30.5 Å². The van der Waals surface area contributed by atoms with Gasteiger partial charge in [0.05, 0.1) is 18.1 Å². The second kappa shape index (κ2) is 18.1. The number of para-hydroxylation sites is 1. The molecule has 0 N–H and O–H groups in total. The maximum Gasteiger partial charge on any atom is 3.00 e. The van der Waals surface area contributed by atoms with E-state index in [0.717, 1.165) is 19.5 Å². The average molecular weight is 496 g/mol. The fraction of sp³-hybridized carbons (Fsp3) is 0.350. The molecular formula is C20H25CoN10O2. The van der Waals surface area contributed by atoms with Gasteiger partial charge in [-0.3, -0.25) is 25.2 Å². The third kappa shape index (κ3) is 12.2. The summed E-state index contributed by atoms with van der Waals surface area (Å²) in [6, 6.07) is 10.8. The Morgan fingerprint density at radius 2 is 1.97 bits per heavy atom. The van der Waals surface area contributed by atoms with Gasteiger partial charge in [0.15, 0.2) is 0 Å². The summed E-state index contributed by atoms with van der Waals surface area (Å²) >= 11 is 0. The Hall–Kier alpha value is -3.51. The third-order valence-electron chi connectivity index (χ3n) is 3.64. The van der Waals surface area contributed by atoms with E-state index in [1.54, 1.807) is 30.6 Å². The number of nitrogens with zero attached hydrogens (tertiary/aromatic N) is 10. The Morgan fingerprint density at radius 3 is 2.55 bits per heavy atom. The van der Waals surface area contributed by atoms with Crippen molar-refractivity contribution in [2.45, 2.75) is 13.3 Å². The van der Waals surface area contributed by atoms with Crippen molar-refractivity contribution in [2.75, 3.05) is 33.8 Å². The van der Waals surface area contributed by atoms with Crippen LogP contribution in [-0.2, 0) is 16.8 Å². The molecule has 0 atom stereocenters. The van der Waals surface area contributed by atoms with Crippen molar-refractivity contribution < 1.29 is 26.6 Å². The molecule has 2 heterocycles. The number of rotatable bonds is 8. The van der Waals surface area contributed by atoms with E-state index in [9.17, 15) is 5.11 Å². The van der Waals surface area contributed by atoms with Crippen molar-refractivity contribution in [3.63, 3.8) is 0 Å². The zero-order valence-electron chi connectivity index (χ0n) is 18.6. The average Bonchev–Trinajstić information content (AvgIpc) is 3.33. The zero-order chi connectivity index (χ0) is 23.6. The van der Waals surface area contributed by atoms with Gasteiger partial charge in [0.25, 0.3) is 0 Å². The van der Waals surface area contributed by atoms with Gasteiger partial charge in [-0.25, -0.2) is 0 Å². The topological polar surface area (TPSA) is 172 Å². The van der Waals surface area contributed by atoms with E-state index in [0.29, 0.717) is 29.4 Å². The molecule has 12 nitrogen and oxygen atoms in total. The molecule has 176 valence electrons. The Balaban J connectivity index is 0.000000580. The van der Waals surface area contributed by atoms with Crippen molar-refractivity contribution in [2.24, 2.45) is 4.99 Å². The van der Waals surface area contributed by atoms with Crippen molar-refractivity contribution in [3.8, 4) is 23.0 Å². The molecule has 0 aliphatic carbocycles. The van der Waals surface area contributed by atoms with Crippen molar-refractivity contribution in [3.05, 3.63) is 64.1 Å². The van der Waals surface area contributed by atoms with Gasteiger partial charge in [0.2, 0.25) is 0 Å². The minimum absolute atomic E-state index is 0. The molecule has 3 aromatic rings. The number of hydrogen-bond donors (Lipinski definition) is 0. The minimum atomic E-state index is -0.0873. The number of ether oxygens (including phenoxy) is 1. The summed E-state index contributed by atoms with van der Waals surface area (Å²) in [5.74, 6) is 0.774. The third-order valence-corrected chi connectivity index (χ3v) is 3.64. The first-order chi connectivity index (χ1) is 15.5. The molecule has 0 aliphatic heterocycles. The molecule has 0 bridgehead atoms. The van der Waals surface area contributed by atoms with E-state index < -0.39 is 0 Å². The summed E-state index contributed by atoms with van der Waals surface area (Å²) in [5, 5.41) is 25.9. The van der Waals surface area contributed by atoms with Crippen LogP contribution in [0.4, 0.5) is 0 Å². The Labute approximate surface area is 202 Å². The number of hydrogen-bond acceptors (Lipinski definition) is 8. The van der Waals surface area contributed by atoms with E-state index in [2.05, 4.69) is 35.5 Å². The second-order valence-corrected chi connectivity index (χ2v) is 6.31. The van der Waals surface area contributed by atoms with Gasteiger partial charge in [-0.15, -0.1) is 0 Å². The predicted octanol–water partition coefficient (Wildman–Crippen LogP) is 2.28. The summed E-state index contributed by atoms with van der Waals surface area (Å²) in [6.07, 6.45) is 4.30. The summed E-state index contributed by atoms with van der Waals surface area (Å²) in [6.45, 7) is 4.09. The second-order valence-electron chi connectivity index (χ2n) is 6.31. The Bertz CT molecular complexity index is 947. The van der Waals surface area contributed by atoms with Gasteiger partial charge in [0, 0.05) is 19.0 Å². The molecule has 1 aromatic carbocycles. The van der Waals surface area contributed by atoms with Crippen LogP contribution in [0.15, 0.2) is 47.6 Å². The Morgan fingerprint density at radius 1 is 1.21 bits per heavy atom. The first-order valence-electron chi connectivity index (χ1n) is 9.69. The van der Waals surface area contributed by atoms with Gasteiger partial charge < -0.3 is 30.9 Å². The molecule has 0 saturated carbocycles. The largest absolute Gasteiger partial charge is 3.00 e. The van der Waals surface area contributed by atoms with Crippen LogP contribution in [0.2, 0.25) is 0 Å². The number of pyridine rings is 1. The molecule has 0 spiro atoms. The van der Waals surface area contributed by atoms with Crippen molar-refractivity contribution >= 4 is 6.21 Å². The number of tetrazole rings is 1. The fourth-order valence-electron chi connectivity index (χ4n) is 2.29. The van der Waals surface area contributed by atoms with E-state index in [-0.39, 0.29) is 22.5 Å². The number of benzene rings is 1. The SMILES string of the molecule is CCOc1cccc(C=NCCCN(C)C)c1[O-].[Co+3].[N-]=[N+]=[N-].c1ccc(-c2nnn[n-]2)nc1. The smallest absolute Gasteiger partial charge is 0.870 e. The molecular weight excluding hydrogens is 471 g/mol. The van der Waals surface area contributed by atoms with Crippen LogP contribution >= 0.6 is 0 Å². The summed E-state index contributed by atoms with van der Waals surface area (Å²) < 4.78 is 5.26. The molecule has 0 saturated heterocycles. The normalized spacial score (nSPS) is 9.70. The maximum absolute atomic E-state index is 11.9. The molecule has 0 fully saturated rings. The monoisotopic (exact) mass is 496 g/mol. The zero-order valence-corrected chi connectivity index (χ0v) is 19.6.